The highest BCUT2D eigenvalue weighted by Gasteiger charge is 2.13. The third-order valence-corrected chi connectivity index (χ3v) is 5.42. The van der Waals surface area contributed by atoms with Gasteiger partial charge in [-0.15, -0.1) is 16.4 Å². The molecule has 0 aliphatic heterocycles. The molecule has 148 valence electrons. The van der Waals surface area contributed by atoms with Crippen LogP contribution in [0.25, 0.3) is 16.2 Å². The Balaban J connectivity index is 1.32. The number of rotatable bonds is 7. The maximum absolute atomic E-state index is 12.2. The van der Waals surface area contributed by atoms with Crippen LogP contribution in [0.5, 0.6) is 5.75 Å². The number of thiazole rings is 1. The Morgan fingerprint density at radius 3 is 2.48 bits per heavy atom. The Hall–Kier alpha value is -2.61. The van der Waals surface area contributed by atoms with Gasteiger partial charge in [-0.3, -0.25) is 10.1 Å². The summed E-state index contributed by atoms with van der Waals surface area (Å²) in [6.45, 7) is 0.432. The second kappa shape index (κ2) is 8.82. The monoisotopic (exact) mass is 446 g/mol. The van der Waals surface area contributed by atoms with Crippen LogP contribution in [0.15, 0.2) is 53.9 Å². The summed E-state index contributed by atoms with van der Waals surface area (Å²) in [4.78, 5) is 17.2. The Labute approximate surface area is 181 Å². The molecule has 2 heterocycles. The summed E-state index contributed by atoms with van der Waals surface area (Å²) in [5, 5.41) is 10.4. The minimum Gasteiger partial charge on any atom is -0.494 e. The first kappa shape index (κ1) is 19.7. The number of hydrogen-bond acceptors (Lipinski definition) is 5. The van der Waals surface area contributed by atoms with Gasteiger partial charge in [0, 0.05) is 27.4 Å². The van der Waals surface area contributed by atoms with Crippen molar-refractivity contribution in [2.45, 2.75) is 12.8 Å². The van der Waals surface area contributed by atoms with Gasteiger partial charge in [-0.05, 0) is 42.8 Å². The largest absolute Gasteiger partial charge is 0.494 e. The molecule has 29 heavy (non-hydrogen) atoms. The fourth-order valence-corrected chi connectivity index (χ4v) is 3.78. The Morgan fingerprint density at radius 1 is 1.07 bits per heavy atom. The summed E-state index contributed by atoms with van der Waals surface area (Å²) in [5.74, 6) is 0.854. The zero-order chi connectivity index (χ0) is 20.2. The van der Waals surface area contributed by atoms with Gasteiger partial charge in [-0.2, -0.15) is 4.98 Å². The molecule has 4 rings (SSSR count). The van der Waals surface area contributed by atoms with Crippen LogP contribution in [-0.2, 0) is 4.79 Å². The Kier molecular flexibility index (Phi) is 5.99. The highest BCUT2D eigenvalue weighted by Crippen LogP contribution is 2.27. The van der Waals surface area contributed by atoms with Crippen LogP contribution in [0, 0.1) is 0 Å². The minimum absolute atomic E-state index is 0.156. The number of benzene rings is 2. The average molecular weight is 447 g/mol. The molecule has 0 spiro atoms. The predicted molar refractivity (Wildman–Crippen MR) is 116 cm³/mol. The van der Waals surface area contributed by atoms with Crippen molar-refractivity contribution in [1.29, 1.82) is 0 Å². The maximum atomic E-state index is 12.2. The van der Waals surface area contributed by atoms with Crippen molar-refractivity contribution in [1.82, 2.24) is 14.6 Å². The molecule has 6 nitrogen and oxygen atoms in total. The molecule has 0 aliphatic rings. The summed E-state index contributed by atoms with van der Waals surface area (Å²) in [7, 11) is 0. The van der Waals surface area contributed by atoms with E-state index in [1.165, 1.54) is 11.3 Å². The molecule has 4 aromatic rings. The quantitative estimate of drug-likeness (QED) is 0.377. The number of halogens is 2. The third-order valence-electron chi connectivity index (χ3n) is 4.10. The average Bonchev–Trinajstić information content (AvgIpc) is 3.27. The lowest BCUT2D eigenvalue weighted by Gasteiger charge is -2.05. The first-order valence-corrected chi connectivity index (χ1v) is 10.5. The van der Waals surface area contributed by atoms with E-state index < -0.39 is 0 Å². The molecule has 0 unspecified atom stereocenters. The second-order valence-corrected chi connectivity index (χ2v) is 7.92. The van der Waals surface area contributed by atoms with E-state index in [0.717, 1.165) is 17.0 Å². The molecule has 1 N–H and O–H groups in total. The topological polar surface area (TPSA) is 68.5 Å². The number of ether oxygens (including phenoxy) is 1. The molecule has 0 atom stereocenters. The van der Waals surface area contributed by atoms with Crippen molar-refractivity contribution in [3.63, 3.8) is 0 Å². The highest BCUT2D eigenvalue weighted by atomic mass is 35.5. The van der Waals surface area contributed by atoms with Gasteiger partial charge in [-0.1, -0.05) is 35.3 Å². The van der Waals surface area contributed by atoms with Gasteiger partial charge in [0.2, 0.25) is 16.8 Å². The molecule has 0 aliphatic carbocycles. The molecule has 2 aromatic heterocycles. The van der Waals surface area contributed by atoms with E-state index in [1.807, 2.05) is 29.6 Å². The van der Waals surface area contributed by atoms with Crippen LogP contribution in [0.1, 0.15) is 12.8 Å². The van der Waals surface area contributed by atoms with Crippen molar-refractivity contribution in [3.8, 4) is 17.0 Å². The van der Waals surface area contributed by atoms with E-state index in [0.29, 0.717) is 34.5 Å². The van der Waals surface area contributed by atoms with Crippen molar-refractivity contribution >= 4 is 51.4 Å². The van der Waals surface area contributed by atoms with Crippen LogP contribution >= 0.6 is 34.5 Å². The number of anilines is 1. The summed E-state index contributed by atoms with van der Waals surface area (Å²) in [5.41, 5.74) is 1.87. The van der Waals surface area contributed by atoms with Crippen LogP contribution in [0.3, 0.4) is 0 Å². The van der Waals surface area contributed by atoms with Crippen LogP contribution in [0.4, 0.5) is 5.95 Å². The van der Waals surface area contributed by atoms with E-state index in [4.69, 9.17) is 27.9 Å². The number of nitrogens with one attached hydrogen (secondary N) is 1. The first-order chi connectivity index (χ1) is 14.1. The number of nitrogens with zero attached hydrogens (tertiary/aromatic N) is 3. The lowest BCUT2D eigenvalue weighted by molar-refractivity contribution is -0.116. The van der Waals surface area contributed by atoms with Gasteiger partial charge in [0.1, 0.15) is 5.75 Å². The van der Waals surface area contributed by atoms with E-state index in [2.05, 4.69) is 15.4 Å². The highest BCUT2D eigenvalue weighted by molar-refractivity contribution is 7.15. The third kappa shape index (κ3) is 4.87. The molecule has 0 radical (unpaired) electrons. The van der Waals surface area contributed by atoms with Crippen molar-refractivity contribution in [2.75, 3.05) is 11.9 Å². The lowest BCUT2D eigenvalue weighted by Crippen LogP contribution is -2.14. The second-order valence-electron chi connectivity index (χ2n) is 6.21. The summed E-state index contributed by atoms with van der Waals surface area (Å²) < 4.78 is 7.30. The van der Waals surface area contributed by atoms with Crippen molar-refractivity contribution in [3.05, 3.63) is 64.0 Å². The molecule has 0 bridgehead atoms. The predicted octanol–water partition coefficient (Wildman–Crippen LogP) is 5.56. The van der Waals surface area contributed by atoms with Crippen LogP contribution in [-0.4, -0.2) is 27.1 Å². The SMILES string of the molecule is O=C(CCCOc1ccc(Cl)cc1)Nc1nc2scc(-c3ccc(Cl)cc3)n2n1. The van der Waals surface area contributed by atoms with Gasteiger partial charge in [0.15, 0.2) is 0 Å². The first-order valence-electron chi connectivity index (χ1n) is 8.87. The molecule has 9 heteroatoms. The molecular weight excluding hydrogens is 431 g/mol. The number of carbonyl (C=O) groups is 1. The van der Waals surface area contributed by atoms with Crippen LogP contribution in [0.2, 0.25) is 10.0 Å². The summed E-state index contributed by atoms with van der Waals surface area (Å²) in [6, 6.07) is 14.6. The number of fused-ring (bicyclic) bond motifs is 1. The zero-order valence-corrected chi connectivity index (χ0v) is 17.5. The van der Waals surface area contributed by atoms with Crippen molar-refractivity contribution in [2.24, 2.45) is 0 Å². The number of carbonyl (C=O) groups excluding carboxylic acids is 1. The van der Waals surface area contributed by atoms with Gasteiger partial charge in [-0.25, -0.2) is 4.52 Å². The molecule has 1 amide bonds. The van der Waals surface area contributed by atoms with Crippen LogP contribution < -0.4 is 10.1 Å². The van der Waals surface area contributed by atoms with Gasteiger partial charge >= 0.3 is 0 Å². The van der Waals surface area contributed by atoms with Gasteiger partial charge in [0.25, 0.3) is 0 Å². The lowest BCUT2D eigenvalue weighted by atomic mass is 10.2. The van der Waals surface area contributed by atoms with Crippen molar-refractivity contribution < 1.29 is 9.53 Å². The fraction of sp³-hybridized carbons (Fsp3) is 0.150. The van der Waals surface area contributed by atoms with E-state index >= 15 is 0 Å². The number of hydrogen-bond donors (Lipinski definition) is 1. The minimum atomic E-state index is -0.156. The van der Waals surface area contributed by atoms with E-state index in [9.17, 15) is 4.79 Å². The van der Waals surface area contributed by atoms with E-state index in [1.54, 1.807) is 28.8 Å². The standard InChI is InChI=1S/C20H16Cl2N4O2S/c21-14-5-3-13(4-6-14)17-12-29-20-24-19(25-26(17)20)23-18(27)2-1-11-28-16-9-7-15(22)8-10-16/h3-10,12H,1-2,11H2,(H,23,25,27). The molecule has 2 aromatic carbocycles. The molecular formula is C20H16Cl2N4O2S. The molecule has 0 saturated heterocycles. The number of aromatic nitrogens is 3. The normalized spacial score (nSPS) is 11.0. The number of amides is 1. The smallest absolute Gasteiger partial charge is 0.250 e. The summed E-state index contributed by atoms with van der Waals surface area (Å²) in [6.07, 6.45) is 0.886. The Morgan fingerprint density at radius 2 is 1.76 bits per heavy atom. The van der Waals surface area contributed by atoms with Gasteiger partial charge < -0.3 is 4.74 Å². The van der Waals surface area contributed by atoms with Gasteiger partial charge in [0.05, 0.1) is 12.3 Å². The zero-order valence-electron chi connectivity index (χ0n) is 15.1. The molecule has 0 saturated carbocycles. The summed E-state index contributed by atoms with van der Waals surface area (Å²) >= 11 is 13.2. The molecule has 0 fully saturated rings. The fourth-order valence-electron chi connectivity index (χ4n) is 2.69. The van der Waals surface area contributed by atoms with E-state index in [-0.39, 0.29) is 11.9 Å². The Bertz CT molecular complexity index is 1120. The maximum Gasteiger partial charge on any atom is 0.250 e.